The molecule has 0 aliphatic rings. The van der Waals surface area contributed by atoms with Crippen LogP contribution in [0.3, 0.4) is 0 Å². The molecule has 18 heavy (non-hydrogen) atoms. The second kappa shape index (κ2) is 5.87. The minimum Gasteiger partial charge on any atom is -0.491 e. The molecule has 0 aliphatic heterocycles. The van der Waals surface area contributed by atoms with Crippen LogP contribution in [-0.2, 0) is 6.54 Å². The van der Waals surface area contributed by atoms with E-state index in [4.69, 9.17) is 4.74 Å². The Morgan fingerprint density at radius 2 is 2.22 bits per heavy atom. The van der Waals surface area contributed by atoms with Crippen molar-refractivity contribution in [2.75, 3.05) is 5.32 Å². The fourth-order valence-electron chi connectivity index (χ4n) is 1.69. The maximum Gasteiger partial charge on any atom is 0.120 e. The van der Waals surface area contributed by atoms with E-state index in [0.29, 0.717) is 0 Å². The summed E-state index contributed by atoms with van der Waals surface area (Å²) in [5.74, 6) is 0.918. The third-order valence-corrected chi connectivity index (χ3v) is 3.15. The van der Waals surface area contributed by atoms with E-state index in [1.165, 1.54) is 5.56 Å². The zero-order chi connectivity index (χ0) is 13.0. The van der Waals surface area contributed by atoms with Gasteiger partial charge in [0.05, 0.1) is 23.9 Å². The number of rotatable bonds is 5. The molecule has 0 fully saturated rings. The van der Waals surface area contributed by atoms with Crippen LogP contribution in [0, 0.1) is 6.92 Å². The van der Waals surface area contributed by atoms with Crippen molar-refractivity contribution in [1.29, 1.82) is 0 Å². The number of ether oxygens (including phenoxy) is 1. The molecule has 0 bridgehead atoms. The van der Waals surface area contributed by atoms with Crippen LogP contribution in [0.5, 0.6) is 5.75 Å². The molecule has 0 saturated heterocycles. The molecule has 0 amide bonds. The van der Waals surface area contributed by atoms with Crippen LogP contribution in [0.25, 0.3) is 0 Å². The molecule has 1 aromatic heterocycles. The van der Waals surface area contributed by atoms with Crippen molar-refractivity contribution in [2.45, 2.75) is 33.4 Å². The van der Waals surface area contributed by atoms with Crippen molar-refractivity contribution in [1.82, 2.24) is 4.98 Å². The molecule has 0 aliphatic carbocycles. The van der Waals surface area contributed by atoms with Crippen molar-refractivity contribution >= 4 is 17.0 Å². The standard InChI is InChI=1S/C14H18N2OS/c1-10(2)17-13-4-5-14(11(3)6-13)15-7-12-8-18-9-16-12/h4-6,8-10,15H,7H2,1-3H3. The molecule has 0 radical (unpaired) electrons. The van der Waals surface area contributed by atoms with Crippen molar-refractivity contribution in [2.24, 2.45) is 0 Å². The number of hydrogen-bond donors (Lipinski definition) is 1. The Morgan fingerprint density at radius 3 is 2.83 bits per heavy atom. The van der Waals surface area contributed by atoms with E-state index in [1.54, 1.807) is 11.3 Å². The third kappa shape index (κ3) is 3.47. The zero-order valence-corrected chi connectivity index (χ0v) is 11.8. The average molecular weight is 262 g/mol. The lowest BCUT2D eigenvalue weighted by atomic mass is 10.2. The van der Waals surface area contributed by atoms with E-state index < -0.39 is 0 Å². The number of aryl methyl sites for hydroxylation is 1. The summed E-state index contributed by atoms with van der Waals surface area (Å²) in [6, 6.07) is 6.11. The van der Waals surface area contributed by atoms with Gasteiger partial charge in [0.2, 0.25) is 0 Å². The molecule has 0 atom stereocenters. The van der Waals surface area contributed by atoms with E-state index in [1.807, 2.05) is 25.4 Å². The molecule has 0 saturated carbocycles. The molecule has 4 heteroatoms. The van der Waals surface area contributed by atoms with Crippen molar-refractivity contribution in [3.05, 3.63) is 40.3 Å². The van der Waals surface area contributed by atoms with E-state index in [9.17, 15) is 0 Å². The summed E-state index contributed by atoms with van der Waals surface area (Å²) in [5, 5.41) is 5.44. The first kappa shape index (κ1) is 12.9. The summed E-state index contributed by atoms with van der Waals surface area (Å²) in [4.78, 5) is 4.25. The minimum absolute atomic E-state index is 0.207. The smallest absolute Gasteiger partial charge is 0.120 e. The van der Waals surface area contributed by atoms with Crippen molar-refractivity contribution < 1.29 is 4.74 Å². The molecular weight excluding hydrogens is 244 g/mol. The lowest BCUT2D eigenvalue weighted by Gasteiger charge is -2.13. The van der Waals surface area contributed by atoms with Crippen molar-refractivity contribution in [3.63, 3.8) is 0 Å². The normalized spacial score (nSPS) is 10.7. The third-order valence-electron chi connectivity index (χ3n) is 2.51. The SMILES string of the molecule is Cc1cc(OC(C)C)ccc1NCc1cscn1. The summed E-state index contributed by atoms with van der Waals surface area (Å²) in [7, 11) is 0. The van der Waals surface area contributed by atoms with Gasteiger partial charge in [-0.05, 0) is 44.5 Å². The monoisotopic (exact) mass is 262 g/mol. The number of nitrogens with zero attached hydrogens (tertiary/aromatic N) is 1. The van der Waals surface area contributed by atoms with Gasteiger partial charge in [-0.25, -0.2) is 4.98 Å². The second-order valence-electron chi connectivity index (χ2n) is 4.48. The summed E-state index contributed by atoms with van der Waals surface area (Å²) in [6.45, 7) is 6.90. The zero-order valence-electron chi connectivity index (χ0n) is 10.9. The van der Waals surface area contributed by atoms with Gasteiger partial charge in [0.15, 0.2) is 0 Å². The molecule has 1 aromatic carbocycles. The Balaban J connectivity index is 2.01. The van der Waals surface area contributed by atoms with Gasteiger partial charge >= 0.3 is 0 Å². The van der Waals surface area contributed by atoms with E-state index in [-0.39, 0.29) is 6.10 Å². The van der Waals surface area contributed by atoms with Gasteiger partial charge in [-0.2, -0.15) is 0 Å². The van der Waals surface area contributed by atoms with E-state index in [0.717, 1.165) is 23.7 Å². The van der Waals surface area contributed by atoms with E-state index >= 15 is 0 Å². The maximum atomic E-state index is 5.66. The number of anilines is 1. The average Bonchev–Trinajstić information content (AvgIpc) is 2.80. The maximum absolute atomic E-state index is 5.66. The number of nitrogens with one attached hydrogen (secondary N) is 1. The Bertz CT molecular complexity index is 495. The summed E-state index contributed by atoms with van der Waals surface area (Å²) < 4.78 is 5.66. The lowest BCUT2D eigenvalue weighted by molar-refractivity contribution is 0.242. The van der Waals surface area contributed by atoms with Crippen molar-refractivity contribution in [3.8, 4) is 5.75 Å². The van der Waals surface area contributed by atoms with Gasteiger partial charge < -0.3 is 10.1 Å². The molecule has 2 rings (SSSR count). The highest BCUT2D eigenvalue weighted by Gasteiger charge is 2.03. The van der Waals surface area contributed by atoms with Gasteiger partial charge in [-0.3, -0.25) is 0 Å². The van der Waals surface area contributed by atoms with E-state index in [2.05, 4.69) is 34.7 Å². The topological polar surface area (TPSA) is 34.1 Å². The van der Waals surface area contributed by atoms with Crippen LogP contribution in [0.2, 0.25) is 0 Å². The molecule has 0 spiro atoms. The number of benzene rings is 1. The fraction of sp³-hybridized carbons (Fsp3) is 0.357. The predicted octanol–water partition coefficient (Wildman–Crippen LogP) is 3.85. The number of thiazole rings is 1. The van der Waals surface area contributed by atoms with Crippen LogP contribution in [0.15, 0.2) is 29.1 Å². The first-order chi connectivity index (χ1) is 8.65. The molecule has 1 heterocycles. The minimum atomic E-state index is 0.207. The van der Waals surface area contributed by atoms with Gasteiger partial charge in [0.1, 0.15) is 5.75 Å². The van der Waals surface area contributed by atoms with Crippen LogP contribution in [0.1, 0.15) is 25.1 Å². The van der Waals surface area contributed by atoms with Gasteiger partial charge in [-0.1, -0.05) is 0 Å². The molecule has 1 N–H and O–H groups in total. The highest BCUT2D eigenvalue weighted by atomic mass is 32.1. The van der Waals surface area contributed by atoms with Crippen LogP contribution in [-0.4, -0.2) is 11.1 Å². The lowest BCUT2D eigenvalue weighted by Crippen LogP contribution is -2.06. The largest absolute Gasteiger partial charge is 0.491 e. The first-order valence-electron chi connectivity index (χ1n) is 6.03. The van der Waals surface area contributed by atoms with Crippen LogP contribution < -0.4 is 10.1 Å². The summed E-state index contributed by atoms with van der Waals surface area (Å²) in [5.41, 5.74) is 5.23. The Hall–Kier alpha value is -1.55. The highest BCUT2D eigenvalue weighted by Crippen LogP contribution is 2.22. The fourth-order valence-corrected chi connectivity index (χ4v) is 2.25. The predicted molar refractivity (Wildman–Crippen MR) is 76.4 cm³/mol. The highest BCUT2D eigenvalue weighted by molar-refractivity contribution is 7.07. The molecule has 0 unspecified atom stereocenters. The number of aromatic nitrogens is 1. The summed E-state index contributed by atoms with van der Waals surface area (Å²) in [6.07, 6.45) is 0.207. The van der Waals surface area contributed by atoms with Crippen LogP contribution in [0.4, 0.5) is 5.69 Å². The summed E-state index contributed by atoms with van der Waals surface area (Å²) >= 11 is 1.62. The van der Waals surface area contributed by atoms with Gasteiger partial charge in [0, 0.05) is 11.1 Å². The Kier molecular flexibility index (Phi) is 4.20. The molecule has 3 nitrogen and oxygen atoms in total. The molecule has 96 valence electrons. The molecular formula is C14H18N2OS. The Labute approximate surface area is 112 Å². The van der Waals surface area contributed by atoms with Gasteiger partial charge in [-0.15, -0.1) is 11.3 Å². The number of hydrogen-bond acceptors (Lipinski definition) is 4. The second-order valence-corrected chi connectivity index (χ2v) is 5.20. The quantitative estimate of drug-likeness (QED) is 0.888. The Morgan fingerprint density at radius 1 is 1.39 bits per heavy atom. The first-order valence-corrected chi connectivity index (χ1v) is 6.97. The molecule has 2 aromatic rings. The van der Waals surface area contributed by atoms with Crippen LogP contribution >= 0.6 is 11.3 Å². The van der Waals surface area contributed by atoms with Gasteiger partial charge in [0.25, 0.3) is 0 Å².